The molecule has 23 heavy (non-hydrogen) atoms. The molecule has 0 fully saturated rings. The van der Waals surface area contributed by atoms with Crippen LogP contribution in [0.2, 0.25) is 0 Å². The van der Waals surface area contributed by atoms with Crippen LogP contribution in [0.1, 0.15) is 40.5 Å². The fourth-order valence-corrected chi connectivity index (χ4v) is 2.07. The van der Waals surface area contributed by atoms with E-state index in [2.05, 4.69) is 54.3 Å². The van der Waals surface area contributed by atoms with Crippen molar-refractivity contribution in [1.29, 1.82) is 0 Å². The maximum Gasteiger partial charge on any atom is 0.00772 e. The van der Waals surface area contributed by atoms with Gasteiger partial charge in [-0.1, -0.05) is 40.5 Å². The van der Waals surface area contributed by atoms with Crippen molar-refractivity contribution in [3.8, 4) is 0 Å². The van der Waals surface area contributed by atoms with Crippen molar-refractivity contribution in [2.45, 2.75) is 40.5 Å². The van der Waals surface area contributed by atoms with Crippen LogP contribution in [0.4, 0.5) is 0 Å². The molecule has 0 aromatic rings. The SMILES string of the molecule is CCC(C)CNCCNCCNCCNCCNCC(C)CC. The van der Waals surface area contributed by atoms with E-state index < -0.39 is 0 Å². The molecular weight excluding hydrogens is 286 g/mol. The first-order valence-corrected chi connectivity index (χ1v) is 9.74. The standard InChI is InChI=1S/C18H43N5/c1-5-17(3)15-22-13-11-20-9-7-19-8-10-21-12-14-23-16-18(4)6-2/h17-23H,5-16H2,1-4H3. The minimum atomic E-state index is 0.786. The zero-order valence-corrected chi connectivity index (χ0v) is 16.1. The first-order valence-electron chi connectivity index (χ1n) is 9.74. The molecule has 0 radical (unpaired) electrons. The molecule has 0 amide bonds. The lowest BCUT2D eigenvalue weighted by molar-refractivity contribution is 0.487. The number of rotatable bonds is 18. The van der Waals surface area contributed by atoms with Crippen LogP contribution in [0.25, 0.3) is 0 Å². The van der Waals surface area contributed by atoms with Crippen LogP contribution in [-0.2, 0) is 0 Å². The molecule has 0 aliphatic heterocycles. The molecule has 0 heterocycles. The first kappa shape index (κ1) is 22.8. The van der Waals surface area contributed by atoms with E-state index in [1.165, 1.54) is 12.8 Å². The van der Waals surface area contributed by atoms with E-state index in [-0.39, 0.29) is 0 Å². The quantitative estimate of drug-likeness (QED) is 0.243. The van der Waals surface area contributed by atoms with Gasteiger partial charge in [0.05, 0.1) is 0 Å². The van der Waals surface area contributed by atoms with Crippen LogP contribution in [0, 0.1) is 11.8 Å². The Morgan fingerprint density at radius 3 is 1.00 bits per heavy atom. The minimum Gasteiger partial charge on any atom is -0.315 e. The van der Waals surface area contributed by atoms with E-state index in [9.17, 15) is 0 Å². The smallest absolute Gasteiger partial charge is 0.00772 e. The van der Waals surface area contributed by atoms with Crippen LogP contribution in [0.3, 0.4) is 0 Å². The summed E-state index contributed by atoms with van der Waals surface area (Å²) in [5.74, 6) is 1.57. The van der Waals surface area contributed by atoms with Gasteiger partial charge in [-0.05, 0) is 24.9 Å². The molecule has 5 heteroatoms. The Morgan fingerprint density at radius 1 is 0.478 bits per heavy atom. The van der Waals surface area contributed by atoms with Gasteiger partial charge in [-0.15, -0.1) is 0 Å². The van der Waals surface area contributed by atoms with Gasteiger partial charge in [0.1, 0.15) is 0 Å². The summed E-state index contributed by atoms with van der Waals surface area (Å²) in [6.07, 6.45) is 2.51. The van der Waals surface area contributed by atoms with Gasteiger partial charge in [0.2, 0.25) is 0 Å². The Balaban J connectivity index is 3.03. The van der Waals surface area contributed by atoms with Crippen LogP contribution < -0.4 is 26.6 Å². The molecule has 140 valence electrons. The average Bonchev–Trinajstić information content (AvgIpc) is 2.57. The van der Waals surface area contributed by atoms with Crippen LogP contribution in [0.15, 0.2) is 0 Å². The third-order valence-corrected chi connectivity index (χ3v) is 4.29. The van der Waals surface area contributed by atoms with Gasteiger partial charge < -0.3 is 26.6 Å². The second kappa shape index (κ2) is 18.1. The summed E-state index contributed by atoms with van der Waals surface area (Å²) in [7, 11) is 0. The molecule has 5 N–H and O–H groups in total. The van der Waals surface area contributed by atoms with E-state index in [0.717, 1.165) is 77.3 Å². The lowest BCUT2D eigenvalue weighted by Gasteiger charge is -2.11. The van der Waals surface area contributed by atoms with Crippen LogP contribution >= 0.6 is 0 Å². The van der Waals surface area contributed by atoms with Crippen molar-refractivity contribution in [2.75, 3.05) is 65.4 Å². The highest BCUT2D eigenvalue weighted by Crippen LogP contribution is 1.96. The van der Waals surface area contributed by atoms with E-state index in [0.29, 0.717) is 0 Å². The maximum absolute atomic E-state index is 3.48. The summed E-state index contributed by atoms with van der Waals surface area (Å²) in [6, 6.07) is 0. The van der Waals surface area contributed by atoms with E-state index in [4.69, 9.17) is 0 Å². The Labute approximate surface area is 145 Å². The molecule has 5 nitrogen and oxygen atoms in total. The molecular formula is C18H43N5. The summed E-state index contributed by atoms with van der Waals surface area (Å²) in [6.45, 7) is 19.7. The fraction of sp³-hybridized carbons (Fsp3) is 1.00. The van der Waals surface area contributed by atoms with Crippen molar-refractivity contribution < 1.29 is 0 Å². The highest BCUT2D eigenvalue weighted by Gasteiger charge is 1.97. The number of hydrogen-bond donors (Lipinski definition) is 5. The van der Waals surface area contributed by atoms with Gasteiger partial charge in [0.15, 0.2) is 0 Å². The summed E-state index contributed by atoms with van der Waals surface area (Å²) in [5.41, 5.74) is 0. The lowest BCUT2D eigenvalue weighted by atomic mass is 10.1. The molecule has 0 aliphatic rings. The Morgan fingerprint density at radius 2 is 0.739 bits per heavy atom. The normalized spacial score (nSPS) is 14.1. The summed E-state index contributed by atoms with van der Waals surface area (Å²) in [4.78, 5) is 0. The van der Waals surface area contributed by atoms with Crippen molar-refractivity contribution in [3.63, 3.8) is 0 Å². The van der Waals surface area contributed by atoms with Gasteiger partial charge in [-0.3, -0.25) is 0 Å². The monoisotopic (exact) mass is 329 g/mol. The molecule has 0 saturated carbocycles. The highest BCUT2D eigenvalue weighted by atomic mass is 15.0. The predicted octanol–water partition coefficient (Wildman–Crippen LogP) is 1.03. The van der Waals surface area contributed by atoms with Gasteiger partial charge >= 0.3 is 0 Å². The van der Waals surface area contributed by atoms with Crippen molar-refractivity contribution in [3.05, 3.63) is 0 Å². The largest absolute Gasteiger partial charge is 0.315 e. The lowest BCUT2D eigenvalue weighted by Crippen LogP contribution is -2.37. The number of hydrogen-bond acceptors (Lipinski definition) is 5. The van der Waals surface area contributed by atoms with E-state index >= 15 is 0 Å². The van der Waals surface area contributed by atoms with Crippen molar-refractivity contribution in [1.82, 2.24) is 26.6 Å². The van der Waals surface area contributed by atoms with Gasteiger partial charge in [-0.25, -0.2) is 0 Å². The second-order valence-corrected chi connectivity index (χ2v) is 6.69. The minimum absolute atomic E-state index is 0.786. The fourth-order valence-electron chi connectivity index (χ4n) is 2.07. The van der Waals surface area contributed by atoms with Crippen LogP contribution in [-0.4, -0.2) is 65.4 Å². The molecule has 0 saturated heterocycles. The van der Waals surface area contributed by atoms with Crippen LogP contribution in [0.5, 0.6) is 0 Å². The third-order valence-electron chi connectivity index (χ3n) is 4.29. The van der Waals surface area contributed by atoms with Gasteiger partial charge in [-0.2, -0.15) is 0 Å². The predicted molar refractivity (Wildman–Crippen MR) is 103 cm³/mol. The van der Waals surface area contributed by atoms with Gasteiger partial charge in [0, 0.05) is 52.4 Å². The van der Waals surface area contributed by atoms with E-state index in [1.54, 1.807) is 0 Å². The molecule has 0 bridgehead atoms. The number of nitrogens with one attached hydrogen (secondary N) is 5. The highest BCUT2D eigenvalue weighted by molar-refractivity contribution is 4.60. The summed E-state index contributed by atoms with van der Waals surface area (Å²) >= 11 is 0. The average molecular weight is 330 g/mol. The molecule has 0 rings (SSSR count). The molecule has 0 aromatic carbocycles. The Hall–Kier alpha value is -0.200. The summed E-state index contributed by atoms with van der Waals surface area (Å²) in [5, 5.41) is 17.3. The third kappa shape index (κ3) is 18.0. The molecule has 0 aliphatic carbocycles. The molecule has 2 unspecified atom stereocenters. The Bertz CT molecular complexity index is 203. The van der Waals surface area contributed by atoms with Gasteiger partial charge in [0.25, 0.3) is 0 Å². The second-order valence-electron chi connectivity index (χ2n) is 6.69. The maximum atomic E-state index is 3.48. The summed E-state index contributed by atoms with van der Waals surface area (Å²) < 4.78 is 0. The topological polar surface area (TPSA) is 60.1 Å². The molecule has 2 atom stereocenters. The van der Waals surface area contributed by atoms with Crippen molar-refractivity contribution >= 4 is 0 Å². The van der Waals surface area contributed by atoms with Crippen molar-refractivity contribution in [2.24, 2.45) is 11.8 Å². The Kier molecular flexibility index (Phi) is 18.0. The molecule has 0 spiro atoms. The van der Waals surface area contributed by atoms with E-state index in [1.807, 2.05) is 0 Å². The molecule has 0 aromatic heterocycles. The first-order chi connectivity index (χ1) is 11.2. The zero-order valence-electron chi connectivity index (χ0n) is 16.1. The zero-order chi connectivity index (χ0) is 17.2.